The van der Waals surface area contributed by atoms with Crippen LogP contribution in [0, 0.1) is 31.6 Å². The second kappa shape index (κ2) is 9.78. The van der Waals surface area contributed by atoms with Crippen molar-refractivity contribution in [3.05, 3.63) is 59.2 Å². The summed E-state index contributed by atoms with van der Waals surface area (Å²) >= 11 is 0. The van der Waals surface area contributed by atoms with E-state index in [4.69, 9.17) is 4.18 Å². The van der Waals surface area contributed by atoms with Crippen molar-refractivity contribution in [2.45, 2.75) is 44.4 Å². The average Bonchev–Trinajstić information content (AvgIpc) is 3.50. The third kappa shape index (κ3) is 4.97. The highest BCUT2D eigenvalue weighted by molar-refractivity contribution is 7.87. The van der Waals surface area contributed by atoms with Gasteiger partial charge in [-0.3, -0.25) is 9.59 Å². The van der Waals surface area contributed by atoms with E-state index in [9.17, 15) is 18.0 Å². The molecule has 4 rings (SSSR count). The van der Waals surface area contributed by atoms with Crippen molar-refractivity contribution in [3.63, 3.8) is 0 Å². The number of aryl methyl sites for hydroxylation is 2. The van der Waals surface area contributed by atoms with Crippen LogP contribution in [0.3, 0.4) is 0 Å². The maximum Gasteiger partial charge on any atom is 0.339 e. The zero-order chi connectivity index (χ0) is 24.5. The first-order valence-electron chi connectivity index (χ1n) is 11.8. The summed E-state index contributed by atoms with van der Waals surface area (Å²) < 4.78 is 30.8. The van der Waals surface area contributed by atoms with Crippen molar-refractivity contribution in [1.82, 2.24) is 10.2 Å². The molecule has 0 unspecified atom stereocenters. The summed E-state index contributed by atoms with van der Waals surface area (Å²) in [6.07, 6.45) is 4.59. The third-order valence-corrected chi connectivity index (χ3v) is 8.55. The van der Waals surface area contributed by atoms with Gasteiger partial charge >= 0.3 is 10.1 Å². The van der Waals surface area contributed by atoms with E-state index in [0.717, 1.165) is 18.4 Å². The lowest BCUT2D eigenvalue weighted by molar-refractivity contribution is -0.125. The van der Waals surface area contributed by atoms with Gasteiger partial charge in [0, 0.05) is 25.7 Å². The van der Waals surface area contributed by atoms with Gasteiger partial charge in [-0.25, -0.2) is 0 Å². The van der Waals surface area contributed by atoms with Gasteiger partial charge in [0.15, 0.2) is 0 Å². The maximum atomic E-state index is 13.2. The highest BCUT2D eigenvalue weighted by atomic mass is 32.2. The molecule has 2 fully saturated rings. The fraction of sp³-hybridized carbons (Fsp3) is 0.462. The number of hydrogen-bond donors (Lipinski definition) is 1. The quantitative estimate of drug-likeness (QED) is 0.631. The Labute approximate surface area is 201 Å². The van der Waals surface area contributed by atoms with E-state index in [-0.39, 0.29) is 34.3 Å². The standard InChI is InChI=1S/C26H32N2O5S/c1-17-8-9-18(2)24(14-17)34(31,32)33-21-12-10-20(11-13-21)26(30)28-15-22(19-6-4-5-7-19)23(16-28)25(29)27-3/h8-14,19,22-23H,4-7,15-16H2,1-3H3,(H,27,29)/t22-,23+/m0/s1. The van der Waals surface area contributed by atoms with Gasteiger partial charge in [-0.15, -0.1) is 0 Å². The van der Waals surface area contributed by atoms with Crippen LogP contribution in [0.5, 0.6) is 5.75 Å². The van der Waals surface area contributed by atoms with Crippen LogP contribution in [-0.2, 0) is 14.9 Å². The Morgan fingerprint density at radius 1 is 1.00 bits per heavy atom. The molecule has 0 radical (unpaired) electrons. The van der Waals surface area contributed by atoms with Crippen LogP contribution in [0.1, 0.15) is 47.2 Å². The summed E-state index contributed by atoms with van der Waals surface area (Å²) in [6, 6.07) is 11.3. The molecule has 2 amide bonds. The van der Waals surface area contributed by atoms with Gasteiger partial charge in [-0.1, -0.05) is 37.8 Å². The van der Waals surface area contributed by atoms with E-state index in [0.29, 0.717) is 30.1 Å². The molecule has 7 nitrogen and oxygen atoms in total. The molecule has 1 aliphatic carbocycles. The number of rotatable bonds is 6. The minimum atomic E-state index is -3.99. The Balaban J connectivity index is 1.47. The fourth-order valence-electron chi connectivity index (χ4n) is 5.30. The molecular weight excluding hydrogens is 452 g/mol. The number of nitrogens with one attached hydrogen (secondary N) is 1. The molecule has 182 valence electrons. The van der Waals surface area contributed by atoms with E-state index in [1.54, 1.807) is 43.1 Å². The molecule has 2 aromatic carbocycles. The molecule has 1 aliphatic heterocycles. The van der Waals surface area contributed by atoms with Crippen molar-refractivity contribution in [1.29, 1.82) is 0 Å². The molecule has 2 aliphatic rings. The van der Waals surface area contributed by atoms with Gasteiger partial charge in [-0.05, 0) is 67.1 Å². The normalized spacial score (nSPS) is 21.0. The van der Waals surface area contributed by atoms with Crippen LogP contribution in [0.25, 0.3) is 0 Å². The maximum absolute atomic E-state index is 13.2. The summed E-state index contributed by atoms with van der Waals surface area (Å²) in [5.74, 6) is 0.446. The molecule has 1 heterocycles. The van der Waals surface area contributed by atoms with Crippen LogP contribution < -0.4 is 9.50 Å². The number of hydrogen-bond acceptors (Lipinski definition) is 5. The zero-order valence-corrected chi connectivity index (χ0v) is 20.7. The minimum absolute atomic E-state index is 0.00685. The number of benzene rings is 2. The second-order valence-corrected chi connectivity index (χ2v) is 11.0. The van der Waals surface area contributed by atoms with Crippen molar-refractivity contribution >= 4 is 21.9 Å². The van der Waals surface area contributed by atoms with Crippen LogP contribution in [-0.4, -0.2) is 45.3 Å². The zero-order valence-electron chi connectivity index (χ0n) is 19.9. The monoisotopic (exact) mass is 484 g/mol. The van der Waals surface area contributed by atoms with Gasteiger partial charge in [-0.2, -0.15) is 8.42 Å². The number of carbonyl (C=O) groups excluding carboxylic acids is 2. The summed E-state index contributed by atoms with van der Waals surface area (Å²) in [5.41, 5.74) is 1.87. The lowest BCUT2D eigenvalue weighted by atomic mass is 9.82. The Kier molecular flexibility index (Phi) is 6.98. The predicted molar refractivity (Wildman–Crippen MR) is 129 cm³/mol. The first-order valence-corrected chi connectivity index (χ1v) is 13.2. The van der Waals surface area contributed by atoms with E-state index < -0.39 is 10.1 Å². The smallest absolute Gasteiger partial charge is 0.339 e. The summed E-state index contributed by atoms with van der Waals surface area (Å²) in [6.45, 7) is 4.52. The molecule has 8 heteroatoms. The fourth-order valence-corrected chi connectivity index (χ4v) is 6.55. The highest BCUT2D eigenvalue weighted by Gasteiger charge is 2.43. The SMILES string of the molecule is CNC(=O)[C@@H]1CN(C(=O)c2ccc(OS(=O)(=O)c3cc(C)ccc3C)cc2)C[C@H]1C1CCCC1. The molecule has 0 spiro atoms. The van der Waals surface area contributed by atoms with Crippen LogP contribution in [0.2, 0.25) is 0 Å². The minimum Gasteiger partial charge on any atom is -0.379 e. The van der Waals surface area contributed by atoms with E-state index in [1.807, 2.05) is 13.0 Å². The van der Waals surface area contributed by atoms with Crippen molar-refractivity contribution < 1.29 is 22.2 Å². The molecule has 1 saturated heterocycles. The largest absolute Gasteiger partial charge is 0.379 e. The number of amides is 2. The van der Waals surface area contributed by atoms with Gasteiger partial charge in [0.2, 0.25) is 5.91 Å². The molecule has 34 heavy (non-hydrogen) atoms. The summed E-state index contributed by atoms with van der Waals surface area (Å²) in [4.78, 5) is 27.6. The Hall–Kier alpha value is -2.87. The molecule has 2 atom stereocenters. The van der Waals surface area contributed by atoms with E-state index in [2.05, 4.69) is 5.32 Å². The number of likely N-dealkylation sites (tertiary alicyclic amines) is 1. The second-order valence-electron chi connectivity index (χ2n) is 9.47. The van der Waals surface area contributed by atoms with Gasteiger partial charge in [0.25, 0.3) is 5.91 Å². The number of nitrogens with zero attached hydrogens (tertiary/aromatic N) is 1. The van der Waals surface area contributed by atoms with E-state index >= 15 is 0 Å². The summed E-state index contributed by atoms with van der Waals surface area (Å²) in [5, 5.41) is 2.76. The van der Waals surface area contributed by atoms with Gasteiger partial charge < -0.3 is 14.4 Å². The molecule has 1 saturated carbocycles. The van der Waals surface area contributed by atoms with Crippen molar-refractivity contribution in [3.8, 4) is 5.75 Å². The predicted octanol–water partition coefficient (Wildman–Crippen LogP) is 3.70. The van der Waals surface area contributed by atoms with Crippen LogP contribution in [0.4, 0.5) is 0 Å². The van der Waals surface area contributed by atoms with Crippen molar-refractivity contribution in [2.24, 2.45) is 17.8 Å². The molecule has 0 bridgehead atoms. The van der Waals surface area contributed by atoms with E-state index in [1.165, 1.54) is 25.0 Å². The molecule has 0 aromatic heterocycles. The first-order chi connectivity index (χ1) is 16.2. The van der Waals surface area contributed by atoms with Crippen LogP contribution in [0.15, 0.2) is 47.4 Å². The summed E-state index contributed by atoms with van der Waals surface area (Å²) in [7, 11) is -2.35. The molecule has 2 aromatic rings. The number of carbonyl (C=O) groups is 2. The van der Waals surface area contributed by atoms with Gasteiger partial charge in [0.1, 0.15) is 10.6 Å². The first kappa shape index (κ1) is 24.3. The average molecular weight is 485 g/mol. The Morgan fingerprint density at radius 2 is 1.68 bits per heavy atom. The Bertz CT molecular complexity index is 1170. The molecule has 1 N–H and O–H groups in total. The van der Waals surface area contributed by atoms with Gasteiger partial charge in [0.05, 0.1) is 5.92 Å². The molecular formula is C26H32N2O5S. The Morgan fingerprint density at radius 3 is 2.32 bits per heavy atom. The third-order valence-electron chi connectivity index (χ3n) is 7.16. The topological polar surface area (TPSA) is 92.8 Å². The van der Waals surface area contributed by atoms with Crippen LogP contribution >= 0.6 is 0 Å². The lowest BCUT2D eigenvalue weighted by Crippen LogP contribution is -2.35. The lowest BCUT2D eigenvalue weighted by Gasteiger charge is -2.22. The highest BCUT2D eigenvalue weighted by Crippen LogP contribution is 2.40. The van der Waals surface area contributed by atoms with Crippen molar-refractivity contribution in [2.75, 3.05) is 20.1 Å².